The summed E-state index contributed by atoms with van der Waals surface area (Å²) < 4.78 is 6.17. The van der Waals surface area contributed by atoms with Gasteiger partial charge >= 0.3 is 12.1 Å². The Kier molecular flexibility index (Phi) is 3.87. The molecule has 0 fully saturated rings. The van der Waals surface area contributed by atoms with Crippen molar-refractivity contribution >= 4 is 23.4 Å². The summed E-state index contributed by atoms with van der Waals surface area (Å²) in [5.41, 5.74) is 3.08. The fourth-order valence-electron chi connectivity index (χ4n) is 2.38. The van der Waals surface area contributed by atoms with Crippen molar-refractivity contribution in [1.29, 1.82) is 0 Å². The molecule has 3 aromatic rings. The Bertz CT molecular complexity index is 931. The van der Waals surface area contributed by atoms with Crippen molar-refractivity contribution in [1.82, 2.24) is 14.6 Å². The van der Waals surface area contributed by atoms with Crippen molar-refractivity contribution in [3.8, 4) is 11.1 Å². The lowest BCUT2D eigenvalue weighted by atomic mass is 10.1. The molecule has 0 saturated carbocycles. The number of rotatable bonds is 3. The molecule has 3 rings (SSSR count). The molecular weight excluding hydrogens is 312 g/mol. The molecule has 24 heavy (non-hydrogen) atoms. The third-order valence-electron chi connectivity index (χ3n) is 3.53. The number of methoxy groups -OCH3 is 1. The number of hydrogen-bond acceptors (Lipinski definition) is 5. The highest BCUT2D eigenvalue weighted by Crippen LogP contribution is 2.26. The van der Waals surface area contributed by atoms with E-state index in [1.165, 1.54) is 7.11 Å². The normalized spacial score (nSPS) is 10.6. The lowest BCUT2D eigenvalue weighted by Gasteiger charge is -2.05. The maximum Gasteiger partial charge on any atom is 0.412 e. The van der Waals surface area contributed by atoms with Gasteiger partial charge in [-0.3, -0.25) is 5.32 Å². The number of hydrogen-bond donors (Lipinski definition) is 2. The Balaban J connectivity index is 2.03. The SMILES string of the molecule is COC(=O)Nc1ccc(-c2cnn3c(C)cc(C(=O)O)cc23)cn1. The maximum absolute atomic E-state index is 11.2. The van der Waals surface area contributed by atoms with Gasteiger partial charge in [-0.15, -0.1) is 0 Å². The number of amides is 1. The fraction of sp³-hybridized carbons (Fsp3) is 0.125. The monoisotopic (exact) mass is 326 g/mol. The van der Waals surface area contributed by atoms with Gasteiger partial charge in [-0.05, 0) is 31.2 Å². The van der Waals surface area contributed by atoms with Crippen molar-refractivity contribution in [2.24, 2.45) is 0 Å². The Morgan fingerprint density at radius 2 is 2.04 bits per heavy atom. The number of fused-ring (bicyclic) bond motifs is 1. The average Bonchev–Trinajstić information content (AvgIpc) is 3.00. The van der Waals surface area contributed by atoms with Crippen LogP contribution in [0.1, 0.15) is 16.1 Å². The number of aromatic nitrogens is 3. The smallest absolute Gasteiger partial charge is 0.412 e. The zero-order valence-corrected chi connectivity index (χ0v) is 13.0. The number of carbonyl (C=O) groups is 2. The van der Waals surface area contributed by atoms with E-state index >= 15 is 0 Å². The van der Waals surface area contributed by atoms with E-state index in [4.69, 9.17) is 0 Å². The molecule has 0 unspecified atom stereocenters. The zero-order valence-electron chi connectivity index (χ0n) is 13.0. The topological polar surface area (TPSA) is 106 Å². The lowest BCUT2D eigenvalue weighted by molar-refractivity contribution is 0.0696. The maximum atomic E-state index is 11.2. The zero-order chi connectivity index (χ0) is 17.3. The first-order valence-electron chi connectivity index (χ1n) is 7.02. The predicted molar refractivity (Wildman–Crippen MR) is 86.1 cm³/mol. The van der Waals surface area contributed by atoms with E-state index in [9.17, 15) is 14.7 Å². The fourth-order valence-corrected chi connectivity index (χ4v) is 2.38. The Morgan fingerprint density at radius 1 is 1.25 bits per heavy atom. The van der Waals surface area contributed by atoms with Crippen LogP contribution in [-0.2, 0) is 4.74 Å². The molecule has 2 N–H and O–H groups in total. The van der Waals surface area contributed by atoms with Crippen molar-refractivity contribution in [2.75, 3.05) is 12.4 Å². The van der Waals surface area contributed by atoms with Crippen LogP contribution in [0.4, 0.5) is 10.6 Å². The second kappa shape index (κ2) is 5.99. The standard InChI is InChI=1S/C16H14N4O4/c1-9-5-11(15(21)22)6-13-12(8-18-20(9)13)10-3-4-14(17-7-10)19-16(23)24-2/h3-8H,1-2H3,(H,21,22)(H,17,19,23). The number of nitrogens with zero attached hydrogens (tertiary/aromatic N) is 3. The van der Waals surface area contributed by atoms with Gasteiger partial charge in [-0.2, -0.15) is 5.10 Å². The summed E-state index contributed by atoms with van der Waals surface area (Å²) in [6, 6.07) is 6.52. The van der Waals surface area contributed by atoms with Crippen molar-refractivity contribution in [3.05, 3.63) is 47.9 Å². The van der Waals surface area contributed by atoms with E-state index in [0.717, 1.165) is 11.1 Å². The van der Waals surface area contributed by atoms with Crippen LogP contribution < -0.4 is 5.32 Å². The Morgan fingerprint density at radius 3 is 2.67 bits per heavy atom. The molecule has 0 saturated heterocycles. The number of aryl methyl sites for hydroxylation is 1. The molecule has 0 aliphatic carbocycles. The first kappa shape index (κ1) is 15.5. The minimum atomic E-state index is -0.997. The van der Waals surface area contributed by atoms with E-state index in [1.54, 1.807) is 48.1 Å². The molecule has 0 aliphatic rings. The Labute approximate surface area is 136 Å². The summed E-state index contributed by atoms with van der Waals surface area (Å²) in [5.74, 6) is -0.645. The molecule has 1 amide bonds. The van der Waals surface area contributed by atoms with Gasteiger partial charge in [-0.25, -0.2) is 19.1 Å². The second-order valence-corrected chi connectivity index (χ2v) is 5.09. The quantitative estimate of drug-likeness (QED) is 0.766. The molecule has 3 aromatic heterocycles. The summed E-state index contributed by atoms with van der Waals surface area (Å²) in [6.45, 7) is 1.79. The van der Waals surface area contributed by atoms with Crippen LogP contribution in [0.5, 0.6) is 0 Å². The van der Waals surface area contributed by atoms with Gasteiger partial charge in [0, 0.05) is 23.0 Å². The largest absolute Gasteiger partial charge is 0.478 e. The number of anilines is 1. The van der Waals surface area contributed by atoms with E-state index in [0.29, 0.717) is 17.0 Å². The third kappa shape index (κ3) is 2.76. The van der Waals surface area contributed by atoms with Crippen LogP contribution in [0.2, 0.25) is 0 Å². The average molecular weight is 326 g/mol. The van der Waals surface area contributed by atoms with E-state index in [2.05, 4.69) is 20.1 Å². The van der Waals surface area contributed by atoms with Crippen LogP contribution in [0.15, 0.2) is 36.7 Å². The van der Waals surface area contributed by atoms with E-state index in [-0.39, 0.29) is 5.56 Å². The third-order valence-corrected chi connectivity index (χ3v) is 3.53. The van der Waals surface area contributed by atoms with Crippen LogP contribution in [0.25, 0.3) is 16.6 Å². The van der Waals surface area contributed by atoms with Gasteiger partial charge in [-0.1, -0.05) is 0 Å². The highest BCUT2D eigenvalue weighted by Gasteiger charge is 2.13. The van der Waals surface area contributed by atoms with Crippen molar-refractivity contribution in [2.45, 2.75) is 6.92 Å². The van der Waals surface area contributed by atoms with Crippen LogP contribution >= 0.6 is 0 Å². The molecule has 0 radical (unpaired) electrons. The number of carboxylic acids is 1. The van der Waals surface area contributed by atoms with Crippen LogP contribution in [0, 0.1) is 6.92 Å². The molecule has 3 heterocycles. The molecule has 0 atom stereocenters. The van der Waals surface area contributed by atoms with Crippen molar-refractivity contribution in [3.63, 3.8) is 0 Å². The number of pyridine rings is 2. The molecule has 0 aromatic carbocycles. The summed E-state index contributed by atoms with van der Waals surface area (Å²) in [6.07, 6.45) is 2.62. The van der Waals surface area contributed by atoms with Crippen LogP contribution in [-0.4, -0.2) is 38.9 Å². The Hall–Kier alpha value is -3.42. The number of ether oxygens (including phenoxy) is 1. The second-order valence-electron chi connectivity index (χ2n) is 5.09. The lowest BCUT2D eigenvalue weighted by Crippen LogP contribution is -2.11. The minimum absolute atomic E-state index is 0.193. The van der Waals surface area contributed by atoms with E-state index < -0.39 is 12.1 Å². The molecule has 122 valence electrons. The van der Waals surface area contributed by atoms with E-state index in [1.807, 2.05) is 0 Å². The molecule has 0 spiro atoms. The highest BCUT2D eigenvalue weighted by molar-refractivity contribution is 5.92. The molecule has 0 aliphatic heterocycles. The number of nitrogens with one attached hydrogen (secondary N) is 1. The minimum Gasteiger partial charge on any atom is -0.478 e. The molecule has 8 nitrogen and oxygen atoms in total. The predicted octanol–water partition coefficient (Wildman–Crippen LogP) is 2.58. The molecular formula is C16H14N4O4. The summed E-state index contributed by atoms with van der Waals surface area (Å²) in [5, 5.41) is 16.0. The van der Waals surface area contributed by atoms with Gasteiger partial charge in [0.25, 0.3) is 0 Å². The number of carboxylic acid groups (broad SMARTS) is 1. The first-order valence-corrected chi connectivity index (χ1v) is 7.02. The summed E-state index contributed by atoms with van der Waals surface area (Å²) in [4.78, 5) is 26.6. The number of carbonyl (C=O) groups excluding carboxylic acids is 1. The molecule has 8 heteroatoms. The molecule has 0 bridgehead atoms. The van der Waals surface area contributed by atoms with Crippen molar-refractivity contribution < 1.29 is 19.4 Å². The van der Waals surface area contributed by atoms with Gasteiger partial charge < -0.3 is 9.84 Å². The summed E-state index contributed by atoms with van der Waals surface area (Å²) in [7, 11) is 1.27. The van der Waals surface area contributed by atoms with Gasteiger partial charge in [0.1, 0.15) is 5.82 Å². The van der Waals surface area contributed by atoms with Gasteiger partial charge in [0.2, 0.25) is 0 Å². The van der Waals surface area contributed by atoms with Gasteiger partial charge in [0.05, 0.1) is 24.4 Å². The highest BCUT2D eigenvalue weighted by atomic mass is 16.5. The first-order chi connectivity index (χ1) is 11.5. The summed E-state index contributed by atoms with van der Waals surface area (Å²) >= 11 is 0. The van der Waals surface area contributed by atoms with Gasteiger partial charge in [0.15, 0.2) is 0 Å². The van der Waals surface area contributed by atoms with Crippen LogP contribution in [0.3, 0.4) is 0 Å². The number of aromatic carboxylic acids is 1.